The Morgan fingerprint density at radius 1 is 1.38 bits per heavy atom. The highest BCUT2D eigenvalue weighted by Crippen LogP contribution is 2.36. The van der Waals surface area contributed by atoms with E-state index in [0.29, 0.717) is 18.8 Å². The first kappa shape index (κ1) is 16.9. The lowest BCUT2D eigenvalue weighted by Gasteiger charge is -2.30. The van der Waals surface area contributed by atoms with Crippen molar-refractivity contribution in [2.45, 2.75) is 58.4 Å². The summed E-state index contributed by atoms with van der Waals surface area (Å²) in [6, 6.07) is 0.151. The standard InChI is InChI=1S/C18H26N4O2/c1-3-8-20-17(23)15-12(2)9-13-10-19-11-21-16(13)22(18(15)24)14-6-4-5-7-14/h10-12,14-15H,3-9H2,1-2H3,(H,20,23). The average molecular weight is 330 g/mol. The van der Waals surface area contributed by atoms with Crippen LogP contribution in [0.4, 0.5) is 5.82 Å². The van der Waals surface area contributed by atoms with Crippen molar-refractivity contribution in [2.24, 2.45) is 11.8 Å². The van der Waals surface area contributed by atoms with Crippen LogP contribution in [0.3, 0.4) is 0 Å². The van der Waals surface area contributed by atoms with E-state index in [2.05, 4.69) is 15.3 Å². The molecule has 1 aromatic rings. The molecule has 24 heavy (non-hydrogen) atoms. The van der Waals surface area contributed by atoms with E-state index < -0.39 is 5.92 Å². The van der Waals surface area contributed by atoms with E-state index in [1.807, 2.05) is 18.7 Å². The van der Waals surface area contributed by atoms with Crippen LogP contribution >= 0.6 is 0 Å². The fourth-order valence-electron chi connectivity index (χ4n) is 3.92. The van der Waals surface area contributed by atoms with E-state index >= 15 is 0 Å². The van der Waals surface area contributed by atoms with E-state index in [9.17, 15) is 9.59 Å². The maximum atomic E-state index is 13.3. The molecular weight excluding hydrogens is 304 g/mol. The molecule has 1 aliphatic heterocycles. The third-order valence-corrected chi connectivity index (χ3v) is 5.13. The van der Waals surface area contributed by atoms with Crippen molar-refractivity contribution < 1.29 is 9.59 Å². The Morgan fingerprint density at radius 3 is 2.83 bits per heavy atom. The number of hydrogen-bond donors (Lipinski definition) is 1. The lowest BCUT2D eigenvalue weighted by atomic mass is 9.88. The Hall–Kier alpha value is -1.98. The van der Waals surface area contributed by atoms with Crippen molar-refractivity contribution in [2.75, 3.05) is 11.4 Å². The minimum absolute atomic E-state index is 0.0643. The summed E-state index contributed by atoms with van der Waals surface area (Å²) < 4.78 is 0. The molecule has 2 atom stereocenters. The monoisotopic (exact) mass is 330 g/mol. The van der Waals surface area contributed by atoms with E-state index in [0.717, 1.165) is 37.7 Å². The molecule has 1 aliphatic carbocycles. The molecule has 1 fully saturated rings. The fraction of sp³-hybridized carbons (Fsp3) is 0.667. The van der Waals surface area contributed by atoms with Gasteiger partial charge < -0.3 is 5.32 Å². The second kappa shape index (κ2) is 7.28. The van der Waals surface area contributed by atoms with E-state index in [1.165, 1.54) is 6.33 Å². The van der Waals surface area contributed by atoms with Crippen molar-refractivity contribution in [3.8, 4) is 0 Å². The van der Waals surface area contributed by atoms with Gasteiger partial charge in [0, 0.05) is 24.3 Å². The molecule has 3 rings (SSSR count). The fourth-order valence-corrected chi connectivity index (χ4v) is 3.92. The van der Waals surface area contributed by atoms with Crippen LogP contribution in [-0.2, 0) is 16.0 Å². The van der Waals surface area contributed by atoms with Gasteiger partial charge in [0.05, 0.1) is 0 Å². The zero-order valence-corrected chi connectivity index (χ0v) is 14.5. The van der Waals surface area contributed by atoms with Gasteiger partial charge in [-0.2, -0.15) is 0 Å². The Labute approximate surface area is 143 Å². The number of fused-ring (bicyclic) bond motifs is 1. The van der Waals surface area contributed by atoms with Gasteiger partial charge in [-0.3, -0.25) is 14.5 Å². The molecule has 1 aromatic heterocycles. The highest BCUT2D eigenvalue weighted by Gasteiger charge is 2.43. The van der Waals surface area contributed by atoms with Crippen LogP contribution in [0.25, 0.3) is 0 Å². The summed E-state index contributed by atoms with van der Waals surface area (Å²) in [6.45, 7) is 4.59. The van der Waals surface area contributed by atoms with Gasteiger partial charge in [0.2, 0.25) is 11.8 Å². The van der Waals surface area contributed by atoms with Crippen molar-refractivity contribution in [1.82, 2.24) is 15.3 Å². The van der Waals surface area contributed by atoms with Crippen LogP contribution in [0.5, 0.6) is 0 Å². The van der Waals surface area contributed by atoms with Crippen LogP contribution in [-0.4, -0.2) is 34.4 Å². The first-order valence-electron chi connectivity index (χ1n) is 9.03. The molecule has 0 aromatic carbocycles. The molecule has 0 spiro atoms. The first-order valence-corrected chi connectivity index (χ1v) is 9.03. The number of aromatic nitrogens is 2. The molecule has 2 heterocycles. The molecule has 1 N–H and O–H groups in total. The molecule has 6 nitrogen and oxygen atoms in total. The largest absolute Gasteiger partial charge is 0.355 e. The zero-order valence-electron chi connectivity index (χ0n) is 14.5. The van der Waals surface area contributed by atoms with Gasteiger partial charge in [0.1, 0.15) is 18.1 Å². The van der Waals surface area contributed by atoms with E-state index in [4.69, 9.17) is 0 Å². The Bertz CT molecular complexity index is 613. The molecule has 1 saturated carbocycles. The van der Waals surface area contributed by atoms with E-state index in [1.54, 1.807) is 6.20 Å². The highest BCUT2D eigenvalue weighted by atomic mass is 16.2. The number of carbonyl (C=O) groups is 2. The second-order valence-corrected chi connectivity index (χ2v) is 6.97. The van der Waals surface area contributed by atoms with Crippen molar-refractivity contribution in [3.63, 3.8) is 0 Å². The van der Waals surface area contributed by atoms with Gasteiger partial charge in [-0.1, -0.05) is 26.7 Å². The van der Waals surface area contributed by atoms with Crippen LogP contribution in [0, 0.1) is 11.8 Å². The number of rotatable bonds is 4. The normalized spacial score (nSPS) is 24.6. The van der Waals surface area contributed by atoms with Crippen molar-refractivity contribution in [1.29, 1.82) is 0 Å². The molecule has 6 heteroatoms. The third-order valence-electron chi connectivity index (χ3n) is 5.13. The third kappa shape index (κ3) is 3.14. The second-order valence-electron chi connectivity index (χ2n) is 6.97. The van der Waals surface area contributed by atoms with Crippen molar-refractivity contribution >= 4 is 17.6 Å². The summed E-state index contributed by atoms with van der Waals surface area (Å²) >= 11 is 0. The van der Waals surface area contributed by atoms with Crippen LogP contribution in [0.2, 0.25) is 0 Å². The molecule has 2 amide bonds. The molecule has 2 aliphatic rings. The number of carbonyl (C=O) groups excluding carboxylic acids is 2. The van der Waals surface area contributed by atoms with Gasteiger partial charge in [0.15, 0.2) is 0 Å². The van der Waals surface area contributed by atoms with E-state index in [-0.39, 0.29) is 23.8 Å². The zero-order chi connectivity index (χ0) is 17.1. The minimum Gasteiger partial charge on any atom is -0.355 e. The molecule has 130 valence electrons. The molecular formula is C18H26N4O2. The predicted octanol–water partition coefficient (Wildman–Crippen LogP) is 2.09. The van der Waals surface area contributed by atoms with Gasteiger partial charge in [0.25, 0.3) is 0 Å². The van der Waals surface area contributed by atoms with Gasteiger partial charge in [-0.15, -0.1) is 0 Å². The Morgan fingerprint density at radius 2 is 2.12 bits per heavy atom. The summed E-state index contributed by atoms with van der Waals surface area (Å²) in [5.41, 5.74) is 0.969. The average Bonchev–Trinajstić information content (AvgIpc) is 3.05. The van der Waals surface area contributed by atoms with Crippen LogP contribution in [0.15, 0.2) is 12.5 Å². The highest BCUT2D eigenvalue weighted by molar-refractivity contribution is 6.08. The Balaban J connectivity index is 1.97. The van der Waals surface area contributed by atoms with Crippen LogP contribution in [0.1, 0.15) is 51.5 Å². The quantitative estimate of drug-likeness (QED) is 0.858. The number of amides is 2. The van der Waals surface area contributed by atoms with Gasteiger partial charge in [-0.25, -0.2) is 9.97 Å². The lowest BCUT2D eigenvalue weighted by Crippen LogP contribution is -2.49. The molecule has 2 unspecified atom stereocenters. The van der Waals surface area contributed by atoms with Gasteiger partial charge in [-0.05, 0) is 31.6 Å². The summed E-state index contributed by atoms with van der Waals surface area (Å²) in [4.78, 5) is 36.3. The number of hydrogen-bond acceptors (Lipinski definition) is 4. The smallest absolute Gasteiger partial charge is 0.241 e. The maximum Gasteiger partial charge on any atom is 0.241 e. The maximum absolute atomic E-state index is 13.3. The topological polar surface area (TPSA) is 75.2 Å². The number of nitrogens with zero attached hydrogens (tertiary/aromatic N) is 3. The van der Waals surface area contributed by atoms with Crippen molar-refractivity contribution in [3.05, 3.63) is 18.1 Å². The molecule has 0 radical (unpaired) electrons. The summed E-state index contributed by atoms with van der Waals surface area (Å²) in [5.74, 6) is -0.255. The molecule has 0 bridgehead atoms. The summed E-state index contributed by atoms with van der Waals surface area (Å²) in [6.07, 6.45) is 9.00. The van der Waals surface area contributed by atoms with Gasteiger partial charge >= 0.3 is 0 Å². The Kier molecular flexibility index (Phi) is 5.11. The SMILES string of the molecule is CCCNC(=O)C1C(=O)N(C2CCCC2)c2ncncc2CC1C. The summed E-state index contributed by atoms with van der Waals surface area (Å²) in [5, 5.41) is 2.91. The molecule has 0 saturated heterocycles. The minimum atomic E-state index is -0.647. The van der Waals surface area contributed by atoms with Crippen LogP contribution < -0.4 is 10.2 Å². The first-order chi connectivity index (χ1) is 11.6. The number of anilines is 1. The number of nitrogens with one attached hydrogen (secondary N) is 1. The summed E-state index contributed by atoms with van der Waals surface area (Å²) in [7, 11) is 0. The lowest BCUT2D eigenvalue weighted by molar-refractivity contribution is -0.135. The predicted molar refractivity (Wildman–Crippen MR) is 91.4 cm³/mol.